The summed E-state index contributed by atoms with van der Waals surface area (Å²) in [6.07, 6.45) is 1.10. The summed E-state index contributed by atoms with van der Waals surface area (Å²) in [5.41, 5.74) is 2.06. The van der Waals surface area contributed by atoms with Crippen LogP contribution in [0.1, 0.15) is 27.2 Å². The molecule has 0 radical (unpaired) electrons. The molecule has 0 aliphatic carbocycles. The van der Waals surface area contributed by atoms with Gasteiger partial charge >= 0.3 is 0 Å². The minimum atomic E-state index is 0.477. The van der Waals surface area contributed by atoms with E-state index in [-0.39, 0.29) is 0 Å². The van der Waals surface area contributed by atoms with Crippen molar-refractivity contribution in [2.24, 2.45) is 5.92 Å². The summed E-state index contributed by atoms with van der Waals surface area (Å²) in [7, 11) is 0. The first kappa shape index (κ1) is 12.5. The molecule has 0 amide bonds. The van der Waals surface area contributed by atoms with Crippen LogP contribution in [0.4, 0.5) is 5.69 Å². The largest absolute Gasteiger partial charge is 0.382 e. The van der Waals surface area contributed by atoms with Crippen molar-refractivity contribution in [3.8, 4) is 11.4 Å². The summed E-state index contributed by atoms with van der Waals surface area (Å²) in [6, 6.07) is 8.57. The molecule has 0 saturated carbocycles. The molecule has 1 heterocycles. The Bertz CT molecular complexity index is 478. The Morgan fingerprint density at radius 2 is 2.17 bits per heavy atom. The molecular formula is C13H19N5. The van der Waals surface area contributed by atoms with Crippen molar-refractivity contribution >= 4 is 5.69 Å². The molecule has 1 unspecified atom stereocenters. The average molecular weight is 245 g/mol. The fourth-order valence-corrected chi connectivity index (χ4v) is 1.99. The van der Waals surface area contributed by atoms with Crippen LogP contribution in [-0.4, -0.2) is 26.7 Å². The lowest BCUT2D eigenvalue weighted by atomic mass is 10.0. The van der Waals surface area contributed by atoms with E-state index in [1.807, 2.05) is 12.1 Å². The van der Waals surface area contributed by atoms with E-state index >= 15 is 0 Å². The van der Waals surface area contributed by atoms with Gasteiger partial charge in [0.05, 0.1) is 0 Å². The highest BCUT2D eigenvalue weighted by atomic mass is 15.5. The Hall–Kier alpha value is -1.91. The van der Waals surface area contributed by atoms with Crippen molar-refractivity contribution in [1.29, 1.82) is 0 Å². The molecule has 2 rings (SSSR count). The number of nitrogens with one attached hydrogen (secondary N) is 2. The molecule has 1 aromatic heterocycles. The van der Waals surface area contributed by atoms with Gasteiger partial charge in [-0.2, -0.15) is 5.21 Å². The summed E-state index contributed by atoms with van der Waals surface area (Å²) >= 11 is 0. The van der Waals surface area contributed by atoms with Crippen molar-refractivity contribution < 1.29 is 0 Å². The van der Waals surface area contributed by atoms with E-state index in [4.69, 9.17) is 0 Å². The van der Waals surface area contributed by atoms with Gasteiger partial charge in [0, 0.05) is 17.3 Å². The fourth-order valence-electron chi connectivity index (χ4n) is 1.99. The Balaban J connectivity index is 2.17. The first-order valence-electron chi connectivity index (χ1n) is 6.31. The molecule has 5 heteroatoms. The van der Waals surface area contributed by atoms with Crippen molar-refractivity contribution in [2.75, 3.05) is 5.32 Å². The second-order valence-electron chi connectivity index (χ2n) is 4.72. The monoisotopic (exact) mass is 245 g/mol. The number of tetrazole rings is 1. The van der Waals surface area contributed by atoms with Gasteiger partial charge in [0.2, 0.25) is 5.82 Å². The second kappa shape index (κ2) is 5.62. The summed E-state index contributed by atoms with van der Waals surface area (Å²) in [5.74, 6) is 1.22. The Labute approximate surface area is 107 Å². The summed E-state index contributed by atoms with van der Waals surface area (Å²) in [6.45, 7) is 6.65. The van der Waals surface area contributed by atoms with Crippen molar-refractivity contribution in [2.45, 2.75) is 33.2 Å². The van der Waals surface area contributed by atoms with Gasteiger partial charge in [-0.3, -0.25) is 0 Å². The van der Waals surface area contributed by atoms with Crippen LogP contribution in [0.2, 0.25) is 0 Å². The Morgan fingerprint density at radius 1 is 1.33 bits per heavy atom. The fraction of sp³-hybridized carbons (Fsp3) is 0.462. The van der Waals surface area contributed by atoms with Gasteiger partial charge in [-0.15, -0.1) is 10.2 Å². The molecule has 0 bridgehead atoms. The first-order valence-corrected chi connectivity index (χ1v) is 6.31. The third-order valence-electron chi connectivity index (χ3n) is 3.06. The molecule has 2 aromatic rings. The lowest BCUT2D eigenvalue weighted by Gasteiger charge is -2.22. The van der Waals surface area contributed by atoms with E-state index in [9.17, 15) is 0 Å². The number of H-pyrrole nitrogens is 1. The van der Waals surface area contributed by atoms with E-state index in [0.717, 1.165) is 17.7 Å². The quantitative estimate of drug-likeness (QED) is 0.850. The number of hydrogen-bond donors (Lipinski definition) is 2. The SMILES string of the molecule is CCC(Nc1cccc(-c2nn[nH]n2)c1)C(C)C. The second-order valence-corrected chi connectivity index (χ2v) is 4.72. The van der Waals surface area contributed by atoms with E-state index in [1.54, 1.807) is 0 Å². The maximum Gasteiger partial charge on any atom is 0.204 e. The van der Waals surface area contributed by atoms with E-state index in [0.29, 0.717) is 17.8 Å². The lowest BCUT2D eigenvalue weighted by molar-refractivity contribution is 0.511. The van der Waals surface area contributed by atoms with Crippen LogP contribution in [0.5, 0.6) is 0 Å². The third-order valence-corrected chi connectivity index (χ3v) is 3.06. The lowest BCUT2D eigenvalue weighted by Crippen LogP contribution is -2.24. The zero-order valence-corrected chi connectivity index (χ0v) is 11.0. The first-order chi connectivity index (χ1) is 8.70. The maximum absolute atomic E-state index is 3.99. The molecule has 0 aliphatic rings. The smallest absolute Gasteiger partial charge is 0.204 e. The molecule has 0 saturated heterocycles. The number of nitrogens with zero attached hydrogens (tertiary/aromatic N) is 3. The molecule has 2 N–H and O–H groups in total. The summed E-state index contributed by atoms with van der Waals surface area (Å²) < 4.78 is 0. The predicted molar refractivity (Wildman–Crippen MR) is 72.2 cm³/mol. The minimum absolute atomic E-state index is 0.477. The molecule has 0 fully saturated rings. The molecule has 1 atom stereocenters. The number of aromatic nitrogens is 4. The highest BCUT2D eigenvalue weighted by Gasteiger charge is 2.11. The molecule has 0 spiro atoms. The topological polar surface area (TPSA) is 66.5 Å². The summed E-state index contributed by atoms with van der Waals surface area (Å²) in [4.78, 5) is 0. The summed E-state index contributed by atoms with van der Waals surface area (Å²) in [5, 5.41) is 17.6. The number of rotatable bonds is 5. The van der Waals surface area contributed by atoms with Crippen molar-refractivity contribution in [3.63, 3.8) is 0 Å². The highest BCUT2D eigenvalue weighted by molar-refractivity contribution is 5.61. The van der Waals surface area contributed by atoms with Crippen LogP contribution >= 0.6 is 0 Å². The van der Waals surface area contributed by atoms with Gasteiger partial charge in [-0.05, 0) is 29.7 Å². The zero-order chi connectivity index (χ0) is 13.0. The van der Waals surface area contributed by atoms with Gasteiger partial charge in [0.15, 0.2) is 0 Å². The van der Waals surface area contributed by atoms with Crippen LogP contribution < -0.4 is 5.32 Å². The number of aromatic amines is 1. The average Bonchev–Trinajstić information content (AvgIpc) is 2.90. The molecular weight excluding hydrogens is 226 g/mol. The van der Waals surface area contributed by atoms with Crippen LogP contribution in [0.3, 0.4) is 0 Å². The number of anilines is 1. The standard InChI is InChI=1S/C13H19N5/c1-4-12(9(2)3)14-11-7-5-6-10(8-11)13-15-17-18-16-13/h5-9,12,14H,4H2,1-3H3,(H,15,16,17,18). The van der Waals surface area contributed by atoms with Gasteiger partial charge in [0.1, 0.15) is 0 Å². The van der Waals surface area contributed by atoms with Crippen LogP contribution in [0.25, 0.3) is 11.4 Å². The van der Waals surface area contributed by atoms with Gasteiger partial charge in [0.25, 0.3) is 0 Å². The maximum atomic E-state index is 3.99. The van der Waals surface area contributed by atoms with Crippen molar-refractivity contribution in [1.82, 2.24) is 20.6 Å². The predicted octanol–water partition coefficient (Wildman–Crippen LogP) is 2.71. The van der Waals surface area contributed by atoms with Crippen molar-refractivity contribution in [3.05, 3.63) is 24.3 Å². The van der Waals surface area contributed by atoms with E-state index < -0.39 is 0 Å². The molecule has 0 aliphatic heterocycles. The van der Waals surface area contributed by atoms with Gasteiger partial charge in [-0.1, -0.05) is 32.9 Å². The minimum Gasteiger partial charge on any atom is -0.382 e. The molecule has 18 heavy (non-hydrogen) atoms. The van der Waals surface area contributed by atoms with Gasteiger partial charge < -0.3 is 5.32 Å². The van der Waals surface area contributed by atoms with Crippen LogP contribution in [-0.2, 0) is 0 Å². The van der Waals surface area contributed by atoms with Crippen LogP contribution in [0.15, 0.2) is 24.3 Å². The number of benzene rings is 1. The molecule has 5 nitrogen and oxygen atoms in total. The van der Waals surface area contributed by atoms with Gasteiger partial charge in [-0.25, -0.2) is 0 Å². The van der Waals surface area contributed by atoms with E-state index in [2.05, 4.69) is 58.8 Å². The zero-order valence-electron chi connectivity index (χ0n) is 11.0. The third kappa shape index (κ3) is 2.85. The molecule has 96 valence electrons. The normalized spacial score (nSPS) is 12.7. The molecule has 1 aromatic carbocycles. The highest BCUT2D eigenvalue weighted by Crippen LogP contribution is 2.20. The number of hydrogen-bond acceptors (Lipinski definition) is 4. The Morgan fingerprint density at radius 3 is 2.78 bits per heavy atom. The van der Waals surface area contributed by atoms with E-state index in [1.165, 1.54) is 0 Å². The Kier molecular flexibility index (Phi) is 3.92. The van der Waals surface area contributed by atoms with Crippen LogP contribution in [0, 0.1) is 5.92 Å².